The molecule has 1 aliphatic heterocycles. The molecule has 1 unspecified atom stereocenters. The molecule has 0 bridgehead atoms. The SMILES string of the molecule is CCC(C)Oc1ccccc1/C=C/C(=O)N1CCC(NC(=O)c2ccccc2F)CC1. The number of rotatable bonds is 7. The van der Waals surface area contributed by atoms with Crippen LogP contribution in [0.2, 0.25) is 0 Å². The van der Waals surface area contributed by atoms with Crippen LogP contribution in [-0.4, -0.2) is 41.9 Å². The number of amides is 2. The van der Waals surface area contributed by atoms with Crippen LogP contribution < -0.4 is 10.1 Å². The monoisotopic (exact) mass is 424 g/mol. The molecular formula is C25H29FN2O3. The van der Waals surface area contributed by atoms with Crippen molar-refractivity contribution in [1.29, 1.82) is 0 Å². The first-order chi connectivity index (χ1) is 15.0. The van der Waals surface area contributed by atoms with E-state index in [9.17, 15) is 14.0 Å². The summed E-state index contributed by atoms with van der Waals surface area (Å²) in [6, 6.07) is 13.5. The van der Waals surface area contributed by atoms with Gasteiger partial charge in [-0.3, -0.25) is 9.59 Å². The van der Waals surface area contributed by atoms with Crippen molar-refractivity contribution in [3.63, 3.8) is 0 Å². The number of nitrogens with zero attached hydrogens (tertiary/aromatic N) is 1. The maximum absolute atomic E-state index is 13.8. The molecule has 5 nitrogen and oxygen atoms in total. The van der Waals surface area contributed by atoms with Crippen molar-refractivity contribution in [2.24, 2.45) is 0 Å². The summed E-state index contributed by atoms with van der Waals surface area (Å²) in [6.07, 6.45) is 5.62. The smallest absolute Gasteiger partial charge is 0.254 e. The molecule has 1 fully saturated rings. The Balaban J connectivity index is 1.53. The number of ether oxygens (including phenoxy) is 1. The van der Waals surface area contributed by atoms with Gasteiger partial charge in [0.05, 0.1) is 11.7 Å². The highest BCUT2D eigenvalue weighted by Gasteiger charge is 2.24. The van der Waals surface area contributed by atoms with Gasteiger partial charge < -0.3 is 15.0 Å². The Labute approximate surface area is 182 Å². The fraction of sp³-hybridized carbons (Fsp3) is 0.360. The van der Waals surface area contributed by atoms with Crippen LogP contribution in [-0.2, 0) is 4.79 Å². The van der Waals surface area contributed by atoms with Crippen molar-refractivity contribution in [2.75, 3.05) is 13.1 Å². The van der Waals surface area contributed by atoms with E-state index in [1.54, 1.807) is 29.2 Å². The average Bonchev–Trinajstić information content (AvgIpc) is 2.79. The zero-order valence-electron chi connectivity index (χ0n) is 18.0. The molecule has 6 heteroatoms. The molecule has 1 N–H and O–H groups in total. The number of carbonyl (C=O) groups excluding carboxylic acids is 2. The van der Waals surface area contributed by atoms with Gasteiger partial charge in [0.15, 0.2) is 0 Å². The fourth-order valence-electron chi connectivity index (χ4n) is 3.44. The van der Waals surface area contributed by atoms with E-state index < -0.39 is 11.7 Å². The molecule has 0 radical (unpaired) electrons. The van der Waals surface area contributed by atoms with Crippen LogP contribution in [0.15, 0.2) is 54.6 Å². The Kier molecular flexibility index (Phi) is 7.82. The summed E-state index contributed by atoms with van der Waals surface area (Å²) in [5.41, 5.74) is 0.908. The van der Waals surface area contributed by atoms with Gasteiger partial charge in [0.1, 0.15) is 11.6 Å². The molecule has 31 heavy (non-hydrogen) atoms. The van der Waals surface area contributed by atoms with Crippen molar-refractivity contribution in [2.45, 2.75) is 45.3 Å². The van der Waals surface area contributed by atoms with E-state index in [-0.39, 0.29) is 23.6 Å². The second-order valence-corrected chi connectivity index (χ2v) is 7.76. The van der Waals surface area contributed by atoms with Crippen molar-refractivity contribution >= 4 is 17.9 Å². The summed E-state index contributed by atoms with van der Waals surface area (Å²) in [7, 11) is 0. The molecule has 0 saturated carbocycles. The van der Waals surface area contributed by atoms with Crippen molar-refractivity contribution in [3.8, 4) is 5.75 Å². The average molecular weight is 425 g/mol. The van der Waals surface area contributed by atoms with Crippen LogP contribution in [0.3, 0.4) is 0 Å². The lowest BCUT2D eigenvalue weighted by Gasteiger charge is -2.31. The van der Waals surface area contributed by atoms with E-state index in [0.29, 0.717) is 25.9 Å². The van der Waals surface area contributed by atoms with Crippen molar-refractivity contribution in [3.05, 3.63) is 71.6 Å². The van der Waals surface area contributed by atoms with Crippen LogP contribution in [0.25, 0.3) is 6.08 Å². The Hall–Kier alpha value is -3.15. The molecule has 2 aromatic rings. The summed E-state index contributed by atoms with van der Waals surface area (Å²) >= 11 is 0. The Bertz CT molecular complexity index is 936. The first kappa shape index (κ1) is 22.5. The standard InChI is InChI=1S/C25H29FN2O3/c1-3-18(2)31-23-11-7-4-8-19(23)12-13-24(29)28-16-14-20(15-17-28)27-25(30)21-9-5-6-10-22(21)26/h4-13,18,20H,3,14-17H2,1-2H3,(H,27,30)/b13-12+. The highest BCUT2D eigenvalue weighted by molar-refractivity contribution is 5.95. The number of halogens is 1. The highest BCUT2D eigenvalue weighted by Crippen LogP contribution is 2.22. The topological polar surface area (TPSA) is 58.6 Å². The third kappa shape index (κ3) is 6.17. The van der Waals surface area contributed by atoms with Gasteiger partial charge in [-0.05, 0) is 50.5 Å². The van der Waals surface area contributed by atoms with Gasteiger partial charge in [-0.25, -0.2) is 4.39 Å². The molecule has 3 rings (SSSR count). The van der Waals surface area contributed by atoms with E-state index in [2.05, 4.69) is 12.2 Å². The minimum Gasteiger partial charge on any atom is -0.490 e. The van der Waals surface area contributed by atoms with Crippen LogP contribution in [0.5, 0.6) is 5.75 Å². The predicted molar refractivity (Wildman–Crippen MR) is 119 cm³/mol. The van der Waals surface area contributed by atoms with Gasteiger partial charge >= 0.3 is 0 Å². The minimum absolute atomic E-state index is 0.0437. The number of nitrogens with one attached hydrogen (secondary N) is 1. The quantitative estimate of drug-likeness (QED) is 0.669. The van der Waals surface area contributed by atoms with Gasteiger partial charge in [0.25, 0.3) is 5.91 Å². The number of piperidine rings is 1. The number of hydrogen-bond donors (Lipinski definition) is 1. The molecular weight excluding hydrogens is 395 g/mol. The van der Waals surface area contributed by atoms with Crippen molar-refractivity contribution in [1.82, 2.24) is 10.2 Å². The van der Waals surface area contributed by atoms with Crippen LogP contribution in [0.1, 0.15) is 49.0 Å². The normalized spacial score (nSPS) is 15.6. The third-order valence-corrected chi connectivity index (χ3v) is 5.49. The Morgan fingerprint density at radius 2 is 1.84 bits per heavy atom. The maximum atomic E-state index is 13.8. The first-order valence-electron chi connectivity index (χ1n) is 10.8. The predicted octanol–water partition coefficient (Wildman–Crippen LogP) is 4.44. The molecule has 164 valence electrons. The van der Waals surface area contributed by atoms with Gasteiger partial charge in [-0.15, -0.1) is 0 Å². The fourth-order valence-corrected chi connectivity index (χ4v) is 3.44. The maximum Gasteiger partial charge on any atom is 0.254 e. The summed E-state index contributed by atoms with van der Waals surface area (Å²) < 4.78 is 19.7. The molecule has 1 aliphatic rings. The Morgan fingerprint density at radius 1 is 1.16 bits per heavy atom. The molecule has 2 amide bonds. The van der Waals surface area contributed by atoms with E-state index in [4.69, 9.17) is 4.74 Å². The lowest BCUT2D eigenvalue weighted by Crippen LogP contribution is -2.46. The third-order valence-electron chi connectivity index (χ3n) is 5.49. The van der Waals surface area contributed by atoms with Gasteiger partial charge in [0, 0.05) is 30.8 Å². The van der Waals surface area contributed by atoms with E-state index in [0.717, 1.165) is 17.7 Å². The molecule has 1 atom stereocenters. The number of likely N-dealkylation sites (tertiary alicyclic amines) is 1. The molecule has 1 heterocycles. The molecule has 0 aliphatic carbocycles. The van der Waals surface area contributed by atoms with Gasteiger partial charge in [-0.1, -0.05) is 37.3 Å². The minimum atomic E-state index is -0.532. The lowest BCUT2D eigenvalue weighted by molar-refractivity contribution is -0.126. The second-order valence-electron chi connectivity index (χ2n) is 7.76. The van der Waals surface area contributed by atoms with Crippen molar-refractivity contribution < 1.29 is 18.7 Å². The summed E-state index contributed by atoms with van der Waals surface area (Å²) in [4.78, 5) is 26.7. The molecule has 1 saturated heterocycles. The van der Waals surface area contributed by atoms with Gasteiger partial charge in [0.2, 0.25) is 5.91 Å². The highest BCUT2D eigenvalue weighted by atomic mass is 19.1. The van der Waals surface area contributed by atoms with Crippen LogP contribution >= 0.6 is 0 Å². The van der Waals surface area contributed by atoms with E-state index in [1.807, 2.05) is 31.2 Å². The zero-order valence-corrected chi connectivity index (χ0v) is 18.0. The summed E-state index contributed by atoms with van der Waals surface area (Å²) in [5.74, 6) is -0.260. The summed E-state index contributed by atoms with van der Waals surface area (Å²) in [5, 5.41) is 2.87. The van der Waals surface area contributed by atoms with E-state index >= 15 is 0 Å². The molecule has 0 aromatic heterocycles. The zero-order chi connectivity index (χ0) is 22.2. The van der Waals surface area contributed by atoms with Gasteiger partial charge in [-0.2, -0.15) is 0 Å². The van der Waals surface area contributed by atoms with Crippen LogP contribution in [0.4, 0.5) is 4.39 Å². The lowest BCUT2D eigenvalue weighted by atomic mass is 10.0. The first-order valence-corrected chi connectivity index (χ1v) is 10.8. The number of benzene rings is 2. The number of carbonyl (C=O) groups is 2. The second kappa shape index (κ2) is 10.8. The molecule has 0 spiro atoms. The Morgan fingerprint density at radius 3 is 2.55 bits per heavy atom. The molecule has 2 aromatic carbocycles. The van der Waals surface area contributed by atoms with E-state index in [1.165, 1.54) is 12.1 Å². The number of hydrogen-bond acceptors (Lipinski definition) is 3. The largest absolute Gasteiger partial charge is 0.490 e. The number of para-hydroxylation sites is 1. The van der Waals surface area contributed by atoms with Crippen LogP contribution in [0, 0.1) is 5.82 Å². The summed E-state index contributed by atoms with van der Waals surface area (Å²) in [6.45, 7) is 5.16.